The Morgan fingerprint density at radius 2 is 2.00 bits per heavy atom. The summed E-state index contributed by atoms with van der Waals surface area (Å²) in [6.45, 7) is 6.81. The molecule has 0 aliphatic carbocycles. The minimum atomic E-state index is -0.00793. The second-order valence-electron chi connectivity index (χ2n) is 5.36. The first-order chi connectivity index (χ1) is 10.1. The van der Waals surface area contributed by atoms with Crippen molar-refractivity contribution in [2.24, 2.45) is 0 Å². The zero-order valence-corrected chi connectivity index (χ0v) is 12.4. The van der Waals surface area contributed by atoms with Gasteiger partial charge >= 0.3 is 0 Å². The quantitative estimate of drug-likeness (QED) is 0.849. The molecule has 21 heavy (non-hydrogen) atoms. The molecule has 5 nitrogen and oxygen atoms in total. The van der Waals surface area contributed by atoms with Gasteiger partial charge in [0.05, 0.1) is 11.9 Å². The predicted molar refractivity (Wildman–Crippen MR) is 80.5 cm³/mol. The van der Waals surface area contributed by atoms with Crippen molar-refractivity contribution in [2.45, 2.75) is 13.8 Å². The molecule has 1 amide bonds. The molecule has 1 aliphatic heterocycles. The second kappa shape index (κ2) is 5.60. The van der Waals surface area contributed by atoms with Crippen molar-refractivity contribution in [3.05, 3.63) is 47.7 Å². The maximum absolute atomic E-state index is 12.5. The highest BCUT2D eigenvalue weighted by atomic mass is 16.4. The van der Waals surface area contributed by atoms with E-state index in [0.29, 0.717) is 18.8 Å². The molecule has 2 aromatic heterocycles. The van der Waals surface area contributed by atoms with Crippen molar-refractivity contribution in [1.82, 2.24) is 9.88 Å². The molecule has 0 bridgehead atoms. The highest BCUT2D eigenvalue weighted by Crippen LogP contribution is 2.19. The summed E-state index contributed by atoms with van der Waals surface area (Å²) >= 11 is 0. The third-order valence-electron chi connectivity index (χ3n) is 3.81. The first-order valence-corrected chi connectivity index (χ1v) is 7.16. The number of amides is 1. The lowest BCUT2D eigenvalue weighted by molar-refractivity contribution is 0.0712. The molecule has 2 aromatic rings. The molecule has 0 aromatic carbocycles. The number of aryl methyl sites for hydroxylation is 2. The standard InChI is InChI=1S/C16H19N3O2/c1-12-10-13(2)21-15(12)16(20)19-8-6-18(7-9-19)14-4-3-5-17-11-14/h3-5,10-11H,6-9H2,1-2H3. The van der Waals surface area contributed by atoms with Gasteiger partial charge in [-0.15, -0.1) is 0 Å². The average molecular weight is 285 g/mol. The Bertz CT molecular complexity index is 628. The third-order valence-corrected chi connectivity index (χ3v) is 3.81. The van der Waals surface area contributed by atoms with Crippen LogP contribution < -0.4 is 4.90 Å². The fraction of sp³-hybridized carbons (Fsp3) is 0.375. The van der Waals surface area contributed by atoms with E-state index in [0.717, 1.165) is 30.1 Å². The van der Waals surface area contributed by atoms with Crippen LogP contribution in [0.2, 0.25) is 0 Å². The molecule has 1 fully saturated rings. The second-order valence-corrected chi connectivity index (χ2v) is 5.36. The van der Waals surface area contributed by atoms with E-state index in [2.05, 4.69) is 9.88 Å². The molecule has 3 rings (SSSR count). The normalized spacial score (nSPS) is 15.3. The summed E-state index contributed by atoms with van der Waals surface area (Å²) in [6, 6.07) is 5.88. The molecule has 0 radical (unpaired) electrons. The van der Waals surface area contributed by atoms with Crippen molar-refractivity contribution < 1.29 is 9.21 Å². The van der Waals surface area contributed by atoms with Crippen LogP contribution >= 0.6 is 0 Å². The largest absolute Gasteiger partial charge is 0.456 e. The van der Waals surface area contributed by atoms with Crippen molar-refractivity contribution in [3.63, 3.8) is 0 Å². The minimum absolute atomic E-state index is 0.00793. The first kappa shape index (κ1) is 13.7. The number of pyridine rings is 1. The number of piperazine rings is 1. The van der Waals surface area contributed by atoms with Crippen LogP contribution in [0.5, 0.6) is 0 Å². The highest BCUT2D eigenvalue weighted by Gasteiger charge is 2.25. The van der Waals surface area contributed by atoms with Crippen LogP contribution in [0.25, 0.3) is 0 Å². The van der Waals surface area contributed by atoms with Gasteiger partial charge in [0.1, 0.15) is 5.76 Å². The number of hydrogen-bond acceptors (Lipinski definition) is 4. The number of rotatable bonds is 2. The summed E-state index contributed by atoms with van der Waals surface area (Å²) in [5.41, 5.74) is 2.02. The van der Waals surface area contributed by atoms with Crippen molar-refractivity contribution in [3.8, 4) is 0 Å². The average Bonchev–Trinajstić information content (AvgIpc) is 2.86. The van der Waals surface area contributed by atoms with Crippen LogP contribution in [0.1, 0.15) is 21.9 Å². The predicted octanol–water partition coefficient (Wildman–Crippen LogP) is 2.25. The molecule has 0 atom stereocenters. The molecule has 1 saturated heterocycles. The van der Waals surface area contributed by atoms with Crippen LogP contribution in [-0.4, -0.2) is 42.0 Å². The number of aromatic nitrogens is 1. The van der Waals surface area contributed by atoms with Gasteiger partial charge in [-0.05, 0) is 32.0 Å². The van der Waals surface area contributed by atoms with E-state index in [9.17, 15) is 4.79 Å². The van der Waals surface area contributed by atoms with Gasteiger partial charge in [0.25, 0.3) is 5.91 Å². The van der Waals surface area contributed by atoms with Crippen LogP contribution in [0.4, 0.5) is 5.69 Å². The van der Waals surface area contributed by atoms with E-state index in [4.69, 9.17) is 4.42 Å². The lowest BCUT2D eigenvalue weighted by Crippen LogP contribution is -2.48. The summed E-state index contributed by atoms with van der Waals surface area (Å²) in [5.74, 6) is 1.25. The fourth-order valence-corrected chi connectivity index (χ4v) is 2.71. The smallest absolute Gasteiger partial charge is 0.289 e. The number of carbonyl (C=O) groups is 1. The summed E-state index contributed by atoms with van der Waals surface area (Å²) in [4.78, 5) is 20.7. The zero-order chi connectivity index (χ0) is 14.8. The Morgan fingerprint density at radius 3 is 2.57 bits per heavy atom. The molecule has 3 heterocycles. The van der Waals surface area contributed by atoms with Crippen LogP contribution in [-0.2, 0) is 0 Å². The molecule has 1 aliphatic rings. The van der Waals surface area contributed by atoms with E-state index >= 15 is 0 Å². The van der Waals surface area contributed by atoms with E-state index < -0.39 is 0 Å². The molecule has 0 saturated carbocycles. The van der Waals surface area contributed by atoms with Crippen molar-refractivity contribution in [1.29, 1.82) is 0 Å². The summed E-state index contributed by atoms with van der Waals surface area (Å²) in [5, 5.41) is 0. The van der Waals surface area contributed by atoms with E-state index in [1.807, 2.05) is 43.1 Å². The lowest BCUT2D eigenvalue weighted by atomic mass is 10.2. The van der Waals surface area contributed by atoms with Gasteiger partial charge in [-0.3, -0.25) is 9.78 Å². The maximum atomic E-state index is 12.5. The van der Waals surface area contributed by atoms with Gasteiger partial charge in [0, 0.05) is 37.9 Å². The van der Waals surface area contributed by atoms with Gasteiger partial charge in [0.2, 0.25) is 0 Å². The molecular formula is C16H19N3O2. The summed E-state index contributed by atoms with van der Waals surface area (Å²) in [7, 11) is 0. The van der Waals surface area contributed by atoms with E-state index in [-0.39, 0.29) is 5.91 Å². The number of nitrogens with zero attached hydrogens (tertiary/aromatic N) is 3. The van der Waals surface area contributed by atoms with E-state index in [1.54, 1.807) is 6.20 Å². The van der Waals surface area contributed by atoms with Gasteiger partial charge in [-0.1, -0.05) is 0 Å². The van der Waals surface area contributed by atoms with Crippen LogP contribution in [0.15, 0.2) is 35.0 Å². The monoisotopic (exact) mass is 285 g/mol. The lowest BCUT2D eigenvalue weighted by Gasteiger charge is -2.35. The Morgan fingerprint density at radius 1 is 1.24 bits per heavy atom. The van der Waals surface area contributed by atoms with Gasteiger partial charge in [-0.2, -0.15) is 0 Å². The van der Waals surface area contributed by atoms with Crippen molar-refractivity contribution in [2.75, 3.05) is 31.1 Å². The maximum Gasteiger partial charge on any atom is 0.289 e. The number of furan rings is 1. The Hall–Kier alpha value is -2.30. The van der Waals surface area contributed by atoms with Crippen molar-refractivity contribution >= 4 is 11.6 Å². The third kappa shape index (κ3) is 2.77. The highest BCUT2D eigenvalue weighted by molar-refractivity contribution is 5.93. The summed E-state index contributed by atoms with van der Waals surface area (Å²) < 4.78 is 5.53. The first-order valence-electron chi connectivity index (χ1n) is 7.16. The molecule has 5 heteroatoms. The van der Waals surface area contributed by atoms with Gasteiger partial charge in [0.15, 0.2) is 5.76 Å². The Labute approximate surface area is 124 Å². The number of carbonyl (C=O) groups excluding carboxylic acids is 1. The molecule has 0 spiro atoms. The van der Waals surface area contributed by atoms with Crippen LogP contribution in [0.3, 0.4) is 0 Å². The summed E-state index contributed by atoms with van der Waals surface area (Å²) in [6.07, 6.45) is 3.63. The topological polar surface area (TPSA) is 49.6 Å². The number of anilines is 1. The van der Waals surface area contributed by atoms with E-state index in [1.165, 1.54) is 0 Å². The molecule has 110 valence electrons. The molecular weight excluding hydrogens is 266 g/mol. The number of hydrogen-bond donors (Lipinski definition) is 0. The van der Waals surface area contributed by atoms with Gasteiger partial charge in [-0.25, -0.2) is 0 Å². The zero-order valence-electron chi connectivity index (χ0n) is 12.4. The minimum Gasteiger partial charge on any atom is -0.456 e. The molecule has 0 unspecified atom stereocenters. The molecule has 0 N–H and O–H groups in total. The fourth-order valence-electron chi connectivity index (χ4n) is 2.71. The van der Waals surface area contributed by atoms with Gasteiger partial charge < -0.3 is 14.2 Å². The van der Waals surface area contributed by atoms with Crippen LogP contribution in [0, 0.1) is 13.8 Å². The Kier molecular flexibility index (Phi) is 3.64. The Balaban J connectivity index is 1.66. The SMILES string of the molecule is Cc1cc(C)c(C(=O)N2CCN(c3cccnc3)CC2)o1.